The van der Waals surface area contributed by atoms with Crippen molar-refractivity contribution >= 4 is 11.6 Å². The molecule has 2 heterocycles. The first kappa shape index (κ1) is 16.3. The first-order chi connectivity index (χ1) is 11.5. The minimum atomic E-state index is -2.90. The highest BCUT2D eigenvalue weighted by molar-refractivity contribution is 6.30. The molecule has 0 atom stereocenters. The van der Waals surface area contributed by atoms with E-state index in [1.165, 1.54) is 12.1 Å². The lowest BCUT2D eigenvalue weighted by atomic mass is 10.1. The smallest absolute Gasteiger partial charge is 0.298 e. The zero-order valence-electron chi connectivity index (χ0n) is 11.6. The van der Waals surface area contributed by atoms with E-state index in [1.807, 2.05) is 0 Å². The predicted octanol–water partition coefficient (Wildman–Crippen LogP) is 5.40. The van der Waals surface area contributed by atoms with Gasteiger partial charge in [-0.2, -0.15) is 0 Å². The molecule has 0 aliphatic rings. The highest BCUT2D eigenvalue weighted by Gasteiger charge is 2.21. The fourth-order valence-corrected chi connectivity index (χ4v) is 2.07. The summed E-state index contributed by atoms with van der Waals surface area (Å²) in [6, 6.07) is 5.53. The van der Waals surface area contributed by atoms with E-state index in [2.05, 4.69) is 14.7 Å². The Labute approximate surface area is 137 Å². The van der Waals surface area contributed by atoms with Gasteiger partial charge in [0.05, 0.1) is 10.6 Å². The lowest BCUT2D eigenvalue weighted by molar-refractivity contribution is 0.112. The monoisotopic (exact) mass is 358 g/mol. The van der Waals surface area contributed by atoms with Crippen molar-refractivity contribution in [2.24, 2.45) is 0 Å². The molecule has 24 heavy (non-hydrogen) atoms. The molecule has 0 radical (unpaired) electrons. The Balaban J connectivity index is 2.04. The molecule has 3 aromatic rings. The maximum absolute atomic E-state index is 14.1. The number of pyridine rings is 1. The van der Waals surface area contributed by atoms with E-state index in [-0.39, 0.29) is 22.0 Å². The molecule has 4 nitrogen and oxygen atoms in total. The second kappa shape index (κ2) is 6.48. The SMILES string of the molecule is Fc1cc(Cl)cnc1Oc1cccc(F)c1-c1cc(C(F)F)on1. The van der Waals surface area contributed by atoms with E-state index >= 15 is 0 Å². The Hall–Kier alpha value is -2.61. The van der Waals surface area contributed by atoms with E-state index in [1.54, 1.807) is 0 Å². The third kappa shape index (κ3) is 3.18. The number of aromatic nitrogens is 2. The van der Waals surface area contributed by atoms with E-state index in [4.69, 9.17) is 16.3 Å². The van der Waals surface area contributed by atoms with Gasteiger partial charge in [0.1, 0.15) is 17.3 Å². The molecule has 0 spiro atoms. The van der Waals surface area contributed by atoms with Gasteiger partial charge in [0.15, 0.2) is 5.82 Å². The number of alkyl halides is 2. The minimum absolute atomic E-state index is 0.0531. The quantitative estimate of drug-likeness (QED) is 0.586. The highest BCUT2D eigenvalue weighted by Crippen LogP contribution is 2.36. The number of benzene rings is 1. The summed E-state index contributed by atoms with van der Waals surface area (Å²) in [5.41, 5.74) is -0.475. The molecule has 3 rings (SSSR count). The van der Waals surface area contributed by atoms with E-state index in [0.29, 0.717) is 0 Å². The molecule has 0 unspecified atom stereocenters. The van der Waals surface area contributed by atoms with Crippen molar-refractivity contribution in [1.82, 2.24) is 10.1 Å². The Morgan fingerprint density at radius 3 is 2.58 bits per heavy atom. The van der Waals surface area contributed by atoms with Gasteiger partial charge in [0.25, 0.3) is 12.3 Å². The molecular formula is C15H7ClF4N2O2. The van der Waals surface area contributed by atoms with Crippen LogP contribution < -0.4 is 4.74 Å². The van der Waals surface area contributed by atoms with E-state index in [0.717, 1.165) is 24.4 Å². The number of hydrogen-bond donors (Lipinski definition) is 0. The zero-order valence-corrected chi connectivity index (χ0v) is 12.4. The van der Waals surface area contributed by atoms with Crippen molar-refractivity contribution < 1.29 is 26.8 Å². The van der Waals surface area contributed by atoms with Crippen LogP contribution in [0.4, 0.5) is 17.6 Å². The number of rotatable bonds is 4. The largest absolute Gasteiger partial charge is 0.436 e. The molecule has 124 valence electrons. The zero-order chi connectivity index (χ0) is 17.3. The van der Waals surface area contributed by atoms with Crippen LogP contribution in [0.5, 0.6) is 11.6 Å². The van der Waals surface area contributed by atoms with Gasteiger partial charge >= 0.3 is 0 Å². The normalized spacial score (nSPS) is 11.1. The number of halogens is 5. The Bertz CT molecular complexity index is 886. The lowest BCUT2D eigenvalue weighted by Gasteiger charge is -2.10. The van der Waals surface area contributed by atoms with Gasteiger partial charge in [-0.1, -0.05) is 22.8 Å². The summed E-state index contributed by atoms with van der Waals surface area (Å²) >= 11 is 5.59. The molecule has 2 aromatic heterocycles. The van der Waals surface area contributed by atoms with Crippen LogP contribution in [0, 0.1) is 11.6 Å². The second-order valence-corrected chi connectivity index (χ2v) is 5.01. The molecule has 0 N–H and O–H groups in total. The second-order valence-electron chi connectivity index (χ2n) is 4.57. The van der Waals surface area contributed by atoms with Crippen LogP contribution in [0.15, 0.2) is 41.1 Å². The van der Waals surface area contributed by atoms with Crippen LogP contribution in [0.2, 0.25) is 5.02 Å². The minimum Gasteiger partial charge on any atom is -0.436 e. The predicted molar refractivity (Wildman–Crippen MR) is 76.1 cm³/mol. The molecule has 0 bridgehead atoms. The molecule has 0 amide bonds. The summed E-state index contributed by atoms with van der Waals surface area (Å²) in [6.07, 6.45) is -1.76. The molecule has 0 aliphatic heterocycles. The average molecular weight is 359 g/mol. The van der Waals surface area contributed by atoms with Gasteiger partial charge in [-0.15, -0.1) is 0 Å². The van der Waals surface area contributed by atoms with Gasteiger partial charge in [-0.05, 0) is 18.2 Å². The molecule has 0 saturated heterocycles. The fourth-order valence-electron chi connectivity index (χ4n) is 1.93. The summed E-state index contributed by atoms with van der Waals surface area (Å²) in [7, 11) is 0. The van der Waals surface area contributed by atoms with Gasteiger partial charge in [-0.25, -0.2) is 22.5 Å². The summed E-state index contributed by atoms with van der Waals surface area (Å²) in [4.78, 5) is 3.66. The fraction of sp³-hybridized carbons (Fsp3) is 0.0667. The maximum Gasteiger partial charge on any atom is 0.298 e. The topological polar surface area (TPSA) is 48.2 Å². The highest BCUT2D eigenvalue weighted by atomic mass is 35.5. The van der Waals surface area contributed by atoms with Crippen LogP contribution in [-0.4, -0.2) is 10.1 Å². The lowest BCUT2D eigenvalue weighted by Crippen LogP contribution is -1.96. The third-order valence-electron chi connectivity index (χ3n) is 2.96. The summed E-state index contributed by atoms with van der Waals surface area (Å²) in [5, 5.41) is 3.45. The summed E-state index contributed by atoms with van der Waals surface area (Å²) in [6.45, 7) is 0. The molecule has 9 heteroatoms. The molecule has 1 aromatic carbocycles. The Kier molecular flexibility index (Phi) is 4.39. The van der Waals surface area contributed by atoms with Crippen LogP contribution >= 0.6 is 11.6 Å². The number of nitrogens with zero attached hydrogens (tertiary/aromatic N) is 2. The number of ether oxygens (including phenoxy) is 1. The van der Waals surface area contributed by atoms with Gasteiger partial charge in [0, 0.05) is 12.3 Å². The van der Waals surface area contributed by atoms with Gasteiger partial charge < -0.3 is 9.26 Å². The molecule has 0 aliphatic carbocycles. The Morgan fingerprint density at radius 2 is 1.92 bits per heavy atom. The van der Waals surface area contributed by atoms with Crippen LogP contribution in [0.25, 0.3) is 11.3 Å². The van der Waals surface area contributed by atoms with Crippen molar-refractivity contribution in [2.75, 3.05) is 0 Å². The molecule has 0 fully saturated rings. The van der Waals surface area contributed by atoms with Crippen molar-refractivity contribution in [2.45, 2.75) is 6.43 Å². The number of hydrogen-bond acceptors (Lipinski definition) is 4. The Morgan fingerprint density at radius 1 is 1.12 bits per heavy atom. The molecular weight excluding hydrogens is 352 g/mol. The average Bonchev–Trinajstić information content (AvgIpc) is 3.00. The van der Waals surface area contributed by atoms with Crippen LogP contribution in [0.3, 0.4) is 0 Å². The standard InChI is InChI=1S/C15H7ClF4N2O2/c16-7-4-9(18)15(21-6-7)23-11-3-1-2-8(17)13(11)10-5-12(14(19)20)24-22-10/h1-6,14H. The van der Waals surface area contributed by atoms with Crippen LogP contribution in [0.1, 0.15) is 12.2 Å². The first-order valence-electron chi connectivity index (χ1n) is 6.48. The van der Waals surface area contributed by atoms with Crippen LogP contribution in [-0.2, 0) is 0 Å². The van der Waals surface area contributed by atoms with E-state index < -0.39 is 29.7 Å². The third-order valence-corrected chi connectivity index (χ3v) is 3.16. The van der Waals surface area contributed by atoms with Crippen molar-refractivity contribution in [3.05, 3.63) is 58.9 Å². The van der Waals surface area contributed by atoms with Crippen molar-refractivity contribution in [3.8, 4) is 22.9 Å². The maximum atomic E-state index is 14.1. The molecule has 0 saturated carbocycles. The van der Waals surface area contributed by atoms with Gasteiger partial charge in [-0.3, -0.25) is 0 Å². The van der Waals surface area contributed by atoms with Crippen molar-refractivity contribution in [3.63, 3.8) is 0 Å². The summed E-state index contributed by atoms with van der Waals surface area (Å²) in [5.74, 6) is -3.03. The van der Waals surface area contributed by atoms with Gasteiger partial charge in [0.2, 0.25) is 5.76 Å². The summed E-state index contributed by atoms with van der Waals surface area (Å²) < 4.78 is 62.8. The van der Waals surface area contributed by atoms with Crippen molar-refractivity contribution in [1.29, 1.82) is 0 Å². The van der Waals surface area contributed by atoms with E-state index in [9.17, 15) is 17.6 Å². The first-order valence-corrected chi connectivity index (χ1v) is 6.86.